The highest BCUT2D eigenvalue weighted by Gasteiger charge is 2.42. The summed E-state index contributed by atoms with van der Waals surface area (Å²) in [5.41, 5.74) is 8.89. The van der Waals surface area contributed by atoms with Gasteiger partial charge < -0.3 is 16.0 Å². The van der Waals surface area contributed by atoms with Crippen LogP contribution >= 0.6 is 12.4 Å². The number of nitrogens with two attached hydrogens (primary N) is 1. The smallest absolute Gasteiger partial charge is 0.255 e. The minimum atomic E-state index is -0.209. The number of fused-ring (bicyclic) bond motifs is 1. The van der Waals surface area contributed by atoms with Crippen molar-refractivity contribution in [1.29, 1.82) is 0 Å². The number of rotatable bonds is 3. The normalized spacial score (nSPS) is 23.1. The van der Waals surface area contributed by atoms with Crippen LogP contribution in [0.15, 0.2) is 48.5 Å². The molecule has 3 N–H and O–H groups in total. The van der Waals surface area contributed by atoms with Crippen LogP contribution in [0.3, 0.4) is 0 Å². The van der Waals surface area contributed by atoms with Crippen molar-refractivity contribution in [3.05, 3.63) is 65.2 Å². The highest BCUT2D eigenvalue weighted by Crippen LogP contribution is 2.38. The fourth-order valence-corrected chi connectivity index (χ4v) is 4.40. The Hall–Kier alpha value is -2.37. The van der Waals surface area contributed by atoms with E-state index in [-0.39, 0.29) is 30.3 Å². The van der Waals surface area contributed by atoms with Crippen LogP contribution in [0.1, 0.15) is 39.1 Å². The van der Waals surface area contributed by atoms with Gasteiger partial charge in [-0.25, -0.2) is 0 Å². The van der Waals surface area contributed by atoms with Gasteiger partial charge in [0.1, 0.15) is 0 Å². The molecule has 2 aliphatic rings. The monoisotopic (exact) mass is 399 g/mol. The highest BCUT2D eigenvalue weighted by atomic mass is 35.5. The molecule has 148 valence electrons. The fourth-order valence-electron chi connectivity index (χ4n) is 4.40. The zero-order chi connectivity index (χ0) is 19.0. The molecule has 1 aliphatic heterocycles. The molecule has 1 saturated heterocycles. The van der Waals surface area contributed by atoms with E-state index in [0.29, 0.717) is 35.2 Å². The van der Waals surface area contributed by atoms with Gasteiger partial charge in [-0.05, 0) is 55.9 Å². The van der Waals surface area contributed by atoms with Gasteiger partial charge in [0.25, 0.3) is 11.8 Å². The predicted octanol–water partition coefficient (Wildman–Crippen LogP) is 3.48. The van der Waals surface area contributed by atoms with Crippen molar-refractivity contribution in [2.75, 3.05) is 18.4 Å². The number of benzene rings is 2. The lowest BCUT2D eigenvalue weighted by Gasteiger charge is -2.20. The zero-order valence-electron chi connectivity index (χ0n) is 15.9. The zero-order valence-corrected chi connectivity index (χ0v) is 16.7. The summed E-state index contributed by atoms with van der Waals surface area (Å²) in [6.45, 7) is 3.42. The Morgan fingerprint density at radius 1 is 1.07 bits per heavy atom. The molecule has 0 bridgehead atoms. The fraction of sp³-hybridized carbons (Fsp3) is 0.364. The average molecular weight is 400 g/mol. The van der Waals surface area contributed by atoms with Crippen LogP contribution in [0, 0.1) is 18.8 Å². The summed E-state index contributed by atoms with van der Waals surface area (Å²) in [6.07, 6.45) is 2.15. The number of para-hydroxylation sites is 1. The van der Waals surface area contributed by atoms with Gasteiger partial charge in [-0.3, -0.25) is 9.59 Å². The number of carbonyl (C=O) groups excluding carboxylic acids is 2. The van der Waals surface area contributed by atoms with Gasteiger partial charge in [-0.2, -0.15) is 0 Å². The Morgan fingerprint density at radius 2 is 1.86 bits per heavy atom. The number of hydrogen-bond donors (Lipinski definition) is 2. The van der Waals surface area contributed by atoms with Crippen molar-refractivity contribution in [1.82, 2.24) is 4.90 Å². The van der Waals surface area contributed by atoms with E-state index in [4.69, 9.17) is 5.73 Å². The van der Waals surface area contributed by atoms with Crippen LogP contribution in [-0.2, 0) is 0 Å². The molecule has 1 aliphatic carbocycles. The van der Waals surface area contributed by atoms with Gasteiger partial charge in [-0.15, -0.1) is 12.4 Å². The Bertz CT molecular complexity index is 886. The van der Waals surface area contributed by atoms with Gasteiger partial charge in [-0.1, -0.05) is 29.8 Å². The standard InChI is InChI=1S/C22H25N3O2.ClH/c1-14-5-4-6-15(11-14)21(26)24-20-8-3-2-7-17(20)22(27)25-12-16-9-10-19(23)18(16)13-25;/h2-8,11,16,18-19H,9-10,12-13,23H2,1H3,(H,24,26);1H. The SMILES string of the molecule is Cc1cccc(C(=O)Nc2ccccc2C(=O)N2CC3CCC(N)C3C2)c1.Cl. The molecular weight excluding hydrogens is 374 g/mol. The molecule has 1 saturated carbocycles. The highest BCUT2D eigenvalue weighted by molar-refractivity contribution is 6.09. The second-order valence-electron chi connectivity index (χ2n) is 7.74. The number of hydrogen-bond acceptors (Lipinski definition) is 3. The van der Waals surface area contributed by atoms with Crippen LogP contribution in [0.2, 0.25) is 0 Å². The van der Waals surface area contributed by atoms with Crippen molar-refractivity contribution in [2.24, 2.45) is 17.6 Å². The molecule has 6 heteroatoms. The van der Waals surface area contributed by atoms with Crippen molar-refractivity contribution >= 4 is 29.9 Å². The van der Waals surface area contributed by atoms with Crippen LogP contribution in [0.25, 0.3) is 0 Å². The van der Waals surface area contributed by atoms with Crippen molar-refractivity contribution in [3.63, 3.8) is 0 Å². The Morgan fingerprint density at radius 3 is 2.61 bits per heavy atom. The van der Waals surface area contributed by atoms with E-state index in [1.807, 2.05) is 42.2 Å². The van der Waals surface area contributed by atoms with E-state index in [1.165, 1.54) is 0 Å². The molecular formula is C22H26ClN3O2. The van der Waals surface area contributed by atoms with Crippen molar-refractivity contribution in [2.45, 2.75) is 25.8 Å². The first-order chi connectivity index (χ1) is 13.0. The number of aryl methyl sites for hydroxylation is 1. The first-order valence-electron chi connectivity index (χ1n) is 9.55. The molecule has 4 rings (SSSR count). The largest absolute Gasteiger partial charge is 0.338 e. The number of nitrogens with one attached hydrogen (secondary N) is 1. The molecule has 2 amide bonds. The van der Waals surface area contributed by atoms with Crippen LogP contribution in [-0.4, -0.2) is 35.8 Å². The number of halogens is 1. The van der Waals surface area contributed by atoms with Gasteiger partial charge in [0.15, 0.2) is 0 Å². The first-order valence-corrected chi connectivity index (χ1v) is 9.55. The molecule has 2 aromatic carbocycles. The topological polar surface area (TPSA) is 75.4 Å². The molecule has 0 aromatic heterocycles. The first kappa shape index (κ1) is 20.4. The number of amides is 2. The minimum Gasteiger partial charge on any atom is -0.338 e. The summed E-state index contributed by atoms with van der Waals surface area (Å²) in [5, 5.41) is 2.91. The third-order valence-corrected chi connectivity index (χ3v) is 5.89. The molecule has 5 nitrogen and oxygen atoms in total. The third kappa shape index (κ3) is 3.91. The Balaban J connectivity index is 0.00000225. The van der Waals surface area contributed by atoms with Crippen LogP contribution < -0.4 is 11.1 Å². The van der Waals surface area contributed by atoms with E-state index in [2.05, 4.69) is 5.32 Å². The maximum absolute atomic E-state index is 13.1. The average Bonchev–Trinajstić information content (AvgIpc) is 3.24. The van der Waals surface area contributed by atoms with E-state index < -0.39 is 0 Å². The lowest BCUT2D eigenvalue weighted by atomic mass is 9.98. The summed E-state index contributed by atoms with van der Waals surface area (Å²) in [4.78, 5) is 27.6. The predicted molar refractivity (Wildman–Crippen MR) is 113 cm³/mol. The molecule has 2 aromatic rings. The lowest BCUT2D eigenvalue weighted by molar-refractivity contribution is 0.0780. The third-order valence-electron chi connectivity index (χ3n) is 5.89. The number of nitrogens with zero attached hydrogens (tertiary/aromatic N) is 1. The minimum absolute atomic E-state index is 0. The Labute approximate surface area is 171 Å². The lowest BCUT2D eigenvalue weighted by Crippen LogP contribution is -2.34. The van der Waals surface area contributed by atoms with Crippen LogP contribution in [0.4, 0.5) is 5.69 Å². The van der Waals surface area contributed by atoms with Crippen LogP contribution in [0.5, 0.6) is 0 Å². The molecule has 3 unspecified atom stereocenters. The van der Waals surface area contributed by atoms with Gasteiger partial charge >= 0.3 is 0 Å². The van der Waals surface area contributed by atoms with Crippen molar-refractivity contribution < 1.29 is 9.59 Å². The van der Waals surface area contributed by atoms with E-state index in [0.717, 1.165) is 24.9 Å². The number of likely N-dealkylation sites (tertiary alicyclic amines) is 1. The van der Waals surface area contributed by atoms with Gasteiger partial charge in [0.05, 0.1) is 11.3 Å². The van der Waals surface area contributed by atoms with E-state index >= 15 is 0 Å². The van der Waals surface area contributed by atoms with Gasteiger partial charge in [0.2, 0.25) is 0 Å². The summed E-state index contributed by atoms with van der Waals surface area (Å²) in [5.74, 6) is 0.678. The second kappa shape index (κ2) is 8.33. The van der Waals surface area contributed by atoms with E-state index in [9.17, 15) is 9.59 Å². The van der Waals surface area contributed by atoms with Crippen molar-refractivity contribution in [3.8, 4) is 0 Å². The molecule has 0 radical (unpaired) electrons. The number of anilines is 1. The van der Waals surface area contributed by atoms with Gasteiger partial charge in [0, 0.05) is 24.7 Å². The quantitative estimate of drug-likeness (QED) is 0.829. The molecule has 3 atom stereocenters. The van der Waals surface area contributed by atoms with E-state index in [1.54, 1.807) is 18.2 Å². The second-order valence-corrected chi connectivity index (χ2v) is 7.74. The molecule has 1 heterocycles. The summed E-state index contributed by atoms with van der Waals surface area (Å²) < 4.78 is 0. The molecule has 2 fully saturated rings. The maximum Gasteiger partial charge on any atom is 0.255 e. The summed E-state index contributed by atoms with van der Waals surface area (Å²) in [6, 6.07) is 14.8. The molecule has 0 spiro atoms. The maximum atomic E-state index is 13.1. The number of carbonyl (C=O) groups is 2. The molecule has 28 heavy (non-hydrogen) atoms. The summed E-state index contributed by atoms with van der Waals surface area (Å²) >= 11 is 0. The Kier molecular flexibility index (Phi) is 6.06. The summed E-state index contributed by atoms with van der Waals surface area (Å²) in [7, 11) is 0.